The van der Waals surface area contributed by atoms with Crippen molar-refractivity contribution in [3.8, 4) is 0 Å². The molecule has 0 amide bonds. The van der Waals surface area contributed by atoms with Crippen molar-refractivity contribution < 1.29 is 34.3 Å². The molecule has 0 aromatic heterocycles. The summed E-state index contributed by atoms with van der Waals surface area (Å²) in [4.78, 5) is 11.2. The number of aliphatic hydroxyl groups excluding tert-OH is 3. The van der Waals surface area contributed by atoms with Gasteiger partial charge in [0.25, 0.3) is 0 Å². The molecule has 3 fully saturated rings. The molecule has 3 aliphatic rings. The summed E-state index contributed by atoms with van der Waals surface area (Å²) < 4.78 is 17.0. The van der Waals surface area contributed by atoms with Gasteiger partial charge in [0, 0.05) is 19.8 Å². The van der Waals surface area contributed by atoms with E-state index < -0.39 is 48.4 Å². The minimum absolute atomic E-state index is 0.574. The van der Waals surface area contributed by atoms with Crippen LogP contribution in [0.15, 0.2) is 0 Å². The molecule has 2 saturated carbocycles. The maximum atomic E-state index is 11.2. The Kier molecular flexibility index (Phi) is 3.96. The van der Waals surface area contributed by atoms with Gasteiger partial charge in [0.05, 0.1) is 0 Å². The van der Waals surface area contributed by atoms with Crippen molar-refractivity contribution in [3.05, 3.63) is 0 Å². The standard InChI is InChI=1S/C14H22O7/c1-7(15)19-11-9(17)8(16)10(18)12-13(11)21-14(20-12)5-3-2-4-6-14/h8-13,16-18H,2-6H2,1H3/t8-,9-,10+,11+,12-,13+/m1/s1. The van der Waals surface area contributed by atoms with Gasteiger partial charge in [-0.1, -0.05) is 6.42 Å². The lowest BCUT2D eigenvalue weighted by Gasteiger charge is -2.40. The van der Waals surface area contributed by atoms with Crippen LogP contribution >= 0.6 is 0 Å². The molecule has 0 aromatic rings. The molecule has 1 spiro atoms. The number of hydrogen-bond acceptors (Lipinski definition) is 7. The zero-order valence-corrected chi connectivity index (χ0v) is 12.0. The molecule has 0 radical (unpaired) electrons. The van der Waals surface area contributed by atoms with E-state index in [-0.39, 0.29) is 0 Å². The van der Waals surface area contributed by atoms with Crippen LogP contribution in [0, 0.1) is 0 Å². The summed E-state index contributed by atoms with van der Waals surface area (Å²) in [5.41, 5.74) is 0. The first-order valence-electron chi connectivity index (χ1n) is 7.51. The lowest BCUT2D eigenvalue weighted by atomic mass is 9.85. The van der Waals surface area contributed by atoms with Crippen LogP contribution in [-0.2, 0) is 19.0 Å². The smallest absolute Gasteiger partial charge is 0.303 e. The molecule has 6 atom stereocenters. The molecule has 0 bridgehead atoms. The second-order valence-electron chi connectivity index (χ2n) is 6.18. The maximum absolute atomic E-state index is 11.2. The number of rotatable bonds is 1. The Morgan fingerprint density at radius 1 is 1.00 bits per heavy atom. The lowest BCUT2D eigenvalue weighted by molar-refractivity contribution is -0.211. The highest BCUT2D eigenvalue weighted by atomic mass is 16.8. The molecule has 21 heavy (non-hydrogen) atoms. The van der Waals surface area contributed by atoms with Crippen LogP contribution in [0.25, 0.3) is 0 Å². The van der Waals surface area contributed by atoms with E-state index in [1.54, 1.807) is 0 Å². The minimum atomic E-state index is -1.43. The summed E-state index contributed by atoms with van der Waals surface area (Å²) >= 11 is 0. The highest BCUT2D eigenvalue weighted by molar-refractivity contribution is 5.66. The predicted molar refractivity (Wildman–Crippen MR) is 69.1 cm³/mol. The molecule has 120 valence electrons. The molecule has 7 heteroatoms. The fourth-order valence-electron chi connectivity index (χ4n) is 3.62. The van der Waals surface area contributed by atoms with Crippen molar-refractivity contribution in [2.45, 2.75) is 81.4 Å². The van der Waals surface area contributed by atoms with E-state index in [0.29, 0.717) is 12.8 Å². The van der Waals surface area contributed by atoms with Crippen molar-refractivity contribution in [1.82, 2.24) is 0 Å². The molecular formula is C14H22O7. The average Bonchev–Trinajstić information content (AvgIpc) is 2.81. The van der Waals surface area contributed by atoms with Crippen molar-refractivity contribution in [2.24, 2.45) is 0 Å². The maximum Gasteiger partial charge on any atom is 0.303 e. The number of aliphatic hydroxyl groups is 3. The third-order valence-electron chi connectivity index (χ3n) is 4.64. The van der Waals surface area contributed by atoms with E-state index in [4.69, 9.17) is 14.2 Å². The SMILES string of the molecule is CC(=O)O[C@H]1[C@H](O)[C@@H](O)[C@H](O)[C@H]2OC3(CCCCC3)O[C@H]21. The summed E-state index contributed by atoms with van der Waals surface area (Å²) in [7, 11) is 0. The monoisotopic (exact) mass is 302 g/mol. The molecule has 1 heterocycles. The number of fused-ring (bicyclic) bond motifs is 1. The van der Waals surface area contributed by atoms with Gasteiger partial charge in [0.2, 0.25) is 0 Å². The number of esters is 1. The van der Waals surface area contributed by atoms with E-state index in [2.05, 4.69) is 0 Å². The summed E-state index contributed by atoms with van der Waals surface area (Å²) in [5.74, 6) is -1.37. The zero-order valence-electron chi connectivity index (χ0n) is 12.0. The Labute approximate surface area is 122 Å². The Hall–Kier alpha value is -0.730. The lowest BCUT2D eigenvalue weighted by Crippen LogP contribution is -2.63. The molecule has 3 rings (SSSR count). The number of hydrogen-bond donors (Lipinski definition) is 3. The third kappa shape index (κ3) is 2.57. The normalized spacial score (nSPS) is 45.3. The first-order valence-corrected chi connectivity index (χ1v) is 7.51. The van der Waals surface area contributed by atoms with Crippen LogP contribution in [0.2, 0.25) is 0 Å². The number of ether oxygens (including phenoxy) is 3. The van der Waals surface area contributed by atoms with Gasteiger partial charge in [-0.25, -0.2) is 0 Å². The van der Waals surface area contributed by atoms with E-state index >= 15 is 0 Å². The van der Waals surface area contributed by atoms with E-state index in [1.807, 2.05) is 0 Å². The van der Waals surface area contributed by atoms with Gasteiger partial charge in [-0.2, -0.15) is 0 Å². The van der Waals surface area contributed by atoms with Gasteiger partial charge < -0.3 is 29.5 Å². The fraction of sp³-hybridized carbons (Fsp3) is 0.929. The Morgan fingerprint density at radius 2 is 1.62 bits per heavy atom. The average molecular weight is 302 g/mol. The van der Waals surface area contributed by atoms with Crippen molar-refractivity contribution in [2.75, 3.05) is 0 Å². The molecule has 2 aliphatic carbocycles. The van der Waals surface area contributed by atoms with Gasteiger partial charge >= 0.3 is 5.97 Å². The first kappa shape index (κ1) is 15.2. The van der Waals surface area contributed by atoms with E-state index in [9.17, 15) is 20.1 Å². The highest BCUT2D eigenvalue weighted by Crippen LogP contribution is 2.45. The largest absolute Gasteiger partial charge is 0.457 e. The minimum Gasteiger partial charge on any atom is -0.457 e. The topological polar surface area (TPSA) is 105 Å². The Morgan fingerprint density at radius 3 is 2.24 bits per heavy atom. The summed E-state index contributed by atoms with van der Waals surface area (Å²) in [6.07, 6.45) is -2.28. The van der Waals surface area contributed by atoms with Crippen molar-refractivity contribution >= 4 is 5.97 Å². The van der Waals surface area contributed by atoms with Crippen LogP contribution < -0.4 is 0 Å². The van der Waals surface area contributed by atoms with Crippen LogP contribution in [0.4, 0.5) is 0 Å². The molecular weight excluding hydrogens is 280 g/mol. The third-order valence-corrected chi connectivity index (χ3v) is 4.64. The fourth-order valence-corrected chi connectivity index (χ4v) is 3.62. The van der Waals surface area contributed by atoms with Crippen LogP contribution in [0.5, 0.6) is 0 Å². The molecule has 7 nitrogen and oxygen atoms in total. The van der Waals surface area contributed by atoms with Crippen LogP contribution in [0.1, 0.15) is 39.0 Å². The van der Waals surface area contributed by atoms with Crippen molar-refractivity contribution in [3.63, 3.8) is 0 Å². The highest BCUT2D eigenvalue weighted by Gasteiger charge is 2.60. The molecule has 3 N–H and O–H groups in total. The molecule has 1 saturated heterocycles. The quantitative estimate of drug-likeness (QED) is 0.559. The van der Waals surface area contributed by atoms with Gasteiger partial charge in [0.15, 0.2) is 11.9 Å². The van der Waals surface area contributed by atoms with Crippen LogP contribution in [-0.4, -0.2) is 63.7 Å². The molecule has 0 aromatic carbocycles. The second kappa shape index (κ2) is 5.48. The van der Waals surface area contributed by atoms with E-state index in [0.717, 1.165) is 19.3 Å². The van der Waals surface area contributed by atoms with Gasteiger partial charge in [-0.05, 0) is 12.8 Å². The number of carbonyl (C=O) groups excluding carboxylic acids is 1. The van der Waals surface area contributed by atoms with E-state index in [1.165, 1.54) is 6.92 Å². The van der Waals surface area contributed by atoms with Crippen molar-refractivity contribution in [1.29, 1.82) is 0 Å². The second-order valence-corrected chi connectivity index (χ2v) is 6.18. The zero-order chi connectivity index (χ0) is 15.2. The molecule has 1 aliphatic heterocycles. The predicted octanol–water partition coefficient (Wildman–Crippen LogP) is -0.541. The van der Waals surface area contributed by atoms with Gasteiger partial charge in [0.1, 0.15) is 30.5 Å². The summed E-state index contributed by atoms with van der Waals surface area (Å²) in [6, 6.07) is 0. The van der Waals surface area contributed by atoms with Gasteiger partial charge in [-0.3, -0.25) is 4.79 Å². The summed E-state index contributed by atoms with van der Waals surface area (Å²) in [5, 5.41) is 30.1. The van der Waals surface area contributed by atoms with Gasteiger partial charge in [-0.15, -0.1) is 0 Å². The Balaban J connectivity index is 1.84. The van der Waals surface area contributed by atoms with Crippen LogP contribution in [0.3, 0.4) is 0 Å². The number of carbonyl (C=O) groups is 1. The molecule has 0 unspecified atom stereocenters. The Bertz CT molecular complexity index is 406. The summed E-state index contributed by atoms with van der Waals surface area (Å²) in [6.45, 7) is 1.23. The first-order chi connectivity index (χ1) is 9.93.